The summed E-state index contributed by atoms with van der Waals surface area (Å²) in [5.74, 6) is -0.312. The number of fused-ring (bicyclic) bond motifs is 1. The highest BCUT2D eigenvalue weighted by Gasteiger charge is 2.16. The van der Waals surface area contributed by atoms with E-state index in [1.165, 1.54) is 22.7 Å². The first-order chi connectivity index (χ1) is 12.2. The van der Waals surface area contributed by atoms with Crippen molar-refractivity contribution >= 4 is 71.9 Å². The number of carbonyl (C=O) groups excluding carboxylic acids is 1. The predicted octanol–water partition coefficient (Wildman–Crippen LogP) is 4.86. The lowest BCUT2D eigenvalue weighted by Crippen LogP contribution is -2.24. The van der Waals surface area contributed by atoms with Crippen LogP contribution >= 0.6 is 34.5 Å². The molecule has 2 aromatic carbocycles. The summed E-state index contributed by atoms with van der Waals surface area (Å²) in [7, 11) is -1.87. The number of nitrogens with one attached hydrogen (secondary N) is 1. The van der Waals surface area contributed by atoms with Gasteiger partial charge in [-0.25, -0.2) is 8.42 Å². The van der Waals surface area contributed by atoms with Crippen molar-refractivity contribution in [1.82, 2.24) is 0 Å². The minimum atomic E-state index is -3.35. The number of nitrogens with zero attached hydrogens (tertiary/aromatic N) is 1. The van der Waals surface area contributed by atoms with Crippen LogP contribution in [-0.2, 0) is 10.0 Å². The fourth-order valence-corrected chi connectivity index (χ4v) is 4.10. The molecule has 0 unspecified atom stereocenters. The largest absolute Gasteiger partial charge is 0.320 e. The van der Waals surface area contributed by atoms with Crippen LogP contribution in [0.25, 0.3) is 10.1 Å². The van der Waals surface area contributed by atoms with Gasteiger partial charge in [0.05, 0.1) is 32.6 Å². The molecule has 0 radical (unpaired) electrons. The fourth-order valence-electron chi connectivity index (χ4n) is 2.31. The number of halogens is 2. The number of thiophene rings is 1. The van der Waals surface area contributed by atoms with Crippen LogP contribution in [0.3, 0.4) is 0 Å². The molecule has 5 nitrogen and oxygen atoms in total. The van der Waals surface area contributed by atoms with Crippen molar-refractivity contribution in [3.63, 3.8) is 0 Å². The molecule has 26 heavy (non-hydrogen) atoms. The summed E-state index contributed by atoms with van der Waals surface area (Å²) in [6, 6.07) is 11.9. The highest BCUT2D eigenvalue weighted by atomic mass is 35.5. The van der Waals surface area contributed by atoms with Crippen molar-refractivity contribution in [2.45, 2.75) is 0 Å². The molecule has 1 N–H and O–H groups in total. The molecule has 1 aromatic heterocycles. The Morgan fingerprint density at radius 2 is 1.88 bits per heavy atom. The minimum absolute atomic E-state index is 0.278. The van der Waals surface area contributed by atoms with E-state index in [4.69, 9.17) is 23.2 Å². The lowest BCUT2D eigenvalue weighted by molar-refractivity contribution is 0.103. The Kier molecular flexibility index (Phi) is 5.16. The summed E-state index contributed by atoms with van der Waals surface area (Å²) in [5.41, 5.74) is 0.960. The van der Waals surface area contributed by atoms with E-state index in [2.05, 4.69) is 5.32 Å². The molecule has 9 heteroatoms. The molecule has 1 amide bonds. The lowest BCUT2D eigenvalue weighted by Gasteiger charge is -2.16. The van der Waals surface area contributed by atoms with Crippen molar-refractivity contribution in [1.29, 1.82) is 0 Å². The molecule has 1 heterocycles. The first-order valence-corrected chi connectivity index (χ1v) is 10.8. The SMILES string of the molecule is CN(c1ccc2sc(C(=O)Nc3cccc(Cl)c3Cl)cc2c1)S(C)(=O)=O. The average Bonchev–Trinajstić information content (AvgIpc) is 3.00. The van der Waals surface area contributed by atoms with E-state index in [-0.39, 0.29) is 10.9 Å². The van der Waals surface area contributed by atoms with Crippen LogP contribution in [0.5, 0.6) is 0 Å². The smallest absolute Gasteiger partial charge is 0.265 e. The van der Waals surface area contributed by atoms with E-state index in [1.807, 2.05) is 0 Å². The standard InChI is InChI=1S/C17H14Cl2N2O3S2/c1-21(26(2,23)24)11-6-7-14-10(8-11)9-15(25-14)17(22)20-13-5-3-4-12(18)16(13)19/h3-9H,1-2H3,(H,20,22). The number of anilines is 2. The van der Waals surface area contributed by atoms with Gasteiger partial charge in [0.15, 0.2) is 0 Å². The quantitative estimate of drug-likeness (QED) is 0.645. The van der Waals surface area contributed by atoms with E-state index in [1.54, 1.807) is 42.5 Å². The monoisotopic (exact) mass is 428 g/mol. The number of amides is 1. The van der Waals surface area contributed by atoms with Crippen molar-refractivity contribution in [3.8, 4) is 0 Å². The number of sulfonamides is 1. The van der Waals surface area contributed by atoms with Gasteiger partial charge in [0.1, 0.15) is 0 Å². The van der Waals surface area contributed by atoms with E-state index in [0.717, 1.165) is 16.3 Å². The normalized spacial score (nSPS) is 11.5. The predicted molar refractivity (Wildman–Crippen MR) is 109 cm³/mol. The van der Waals surface area contributed by atoms with Gasteiger partial charge < -0.3 is 5.32 Å². The fraction of sp³-hybridized carbons (Fsp3) is 0.118. The Bertz CT molecular complexity index is 1110. The molecule has 0 fully saturated rings. The molecular weight excluding hydrogens is 415 g/mol. The molecule has 0 spiro atoms. The van der Waals surface area contributed by atoms with Gasteiger partial charge in [-0.2, -0.15) is 0 Å². The molecule has 3 aromatic rings. The van der Waals surface area contributed by atoms with Crippen LogP contribution in [0.4, 0.5) is 11.4 Å². The molecule has 0 saturated heterocycles. The van der Waals surface area contributed by atoms with Crippen LogP contribution < -0.4 is 9.62 Å². The highest BCUT2D eigenvalue weighted by Crippen LogP contribution is 2.32. The summed E-state index contributed by atoms with van der Waals surface area (Å²) in [5, 5.41) is 4.16. The second-order valence-electron chi connectivity index (χ2n) is 5.62. The maximum atomic E-state index is 12.5. The van der Waals surface area contributed by atoms with Crippen LogP contribution in [0, 0.1) is 0 Å². The van der Waals surface area contributed by atoms with Crippen LogP contribution in [-0.4, -0.2) is 27.6 Å². The van der Waals surface area contributed by atoms with Crippen molar-refractivity contribution < 1.29 is 13.2 Å². The summed E-state index contributed by atoms with van der Waals surface area (Å²) in [4.78, 5) is 13.0. The van der Waals surface area contributed by atoms with Crippen LogP contribution in [0.1, 0.15) is 9.67 Å². The number of hydrogen-bond acceptors (Lipinski definition) is 4. The molecule has 0 atom stereocenters. The Balaban J connectivity index is 1.91. The molecule has 0 aliphatic heterocycles. The highest BCUT2D eigenvalue weighted by molar-refractivity contribution is 7.92. The number of hydrogen-bond donors (Lipinski definition) is 1. The second kappa shape index (κ2) is 7.08. The van der Waals surface area contributed by atoms with Gasteiger partial charge >= 0.3 is 0 Å². The number of benzene rings is 2. The molecule has 0 aliphatic rings. The van der Waals surface area contributed by atoms with Gasteiger partial charge in [-0.05, 0) is 41.8 Å². The third-order valence-electron chi connectivity index (χ3n) is 3.78. The zero-order valence-electron chi connectivity index (χ0n) is 13.8. The molecule has 0 aliphatic carbocycles. The molecule has 0 bridgehead atoms. The number of carbonyl (C=O) groups is 1. The Labute approximate surface area is 165 Å². The van der Waals surface area contributed by atoms with E-state index < -0.39 is 10.0 Å². The summed E-state index contributed by atoms with van der Waals surface area (Å²) in [6.07, 6.45) is 1.14. The summed E-state index contributed by atoms with van der Waals surface area (Å²) < 4.78 is 25.4. The van der Waals surface area contributed by atoms with Gasteiger partial charge in [0.2, 0.25) is 10.0 Å². The average molecular weight is 429 g/mol. The van der Waals surface area contributed by atoms with E-state index >= 15 is 0 Å². The van der Waals surface area contributed by atoms with E-state index in [9.17, 15) is 13.2 Å². The van der Waals surface area contributed by atoms with Crippen molar-refractivity contribution in [3.05, 3.63) is 57.4 Å². The molecule has 0 saturated carbocycles. The van der Waals surface area contributed by atoms with Crippen LogP contribution in [0.2, 0.25) is 10.0 Å². The molecular formula is C17H14Cl2N2O3S2. The second-order valence-corrected chi connectivity index (χ2v) is 9.50. The first kappa shape index (κ1) is 19.0. The number of rotatable bonds is 4. The maximum absolute atomic E-state index is 12.5. The zero-order valence-corrected chi connectivity index (χ0v) is 16.9. The summed E-state index contributed by atoms with van der Waals surface area (Å²) >= 11 is 13.4. The van der Waals surface area contributed by atoms with Gasteiger partial charge in [-0.3, -0.25) is 9.10 Å². The zero-order chi connectivity index (χ0) is 19.1. The Morgan fingerprint density at radius 3 is 2.58 bits per heavy atom. The van der Waals surface area contributed by atoms with Crippen molar-refractivity contribution in [2.24, 2.45) is 0 Å². The Hall–Kier alpha value is -1.80. The van der Waals surface area contributed by atoms with Gasteiger partial charge in [0.25, 0.3) is 5.91 Å². The van der Waals surface area contributed by atoms with E-state index in [0.29, 0.717) is 21.3 Å². The van der Waals surface area contributed by atoms with Gasteiger partial charge in [-0.15, -0.1) is 11.3 Å². The van der Waals surface area contributed by atoms with Gasteiger partial charge in [-0.1, -0.05) is 29.3 Å². The van der Waals surface area contributed by atoms with Crippen molar-refractivity contribution in [2.75, 3.05) is 22.9 Å². The lowest BCUT2D eigenvalue weighted by atomic mass is 10.2. The Morgan fingerprint density at radius 1 is 1.15 bits per heavy atom. The van der Waals surface area contributed by atoms with Crippen LogP contribution in [0.15, 0.2) is 42.5 Å². The summed E-state index contributed by atoms with van der Waals surface area (Å²) in [6.45, 7) is 0. The third-order valence-corrected chi connectivity index (χ3v) is 6.92. The molecule has 3 rings (SSSR count). The molecule has 136 valence electrons. The third kappa shape index (κ3) is 3.81. The minimum Gasteiger partial charge on any atom is -0.320 e. The maximum Gasteiger partial charge on any atom is 0.265 e. The first-order valence-electron chi connectivity index (χ1n) is 7.39. The van der Waals surface area contributed by atoms with Gasteiger partial charge in [0, 0.05) is 11.7 Å². The topological polar surface area (TPSA) is 66.5 Å².